The topological polar surface area (TPSA) is 54.0 Å². The van der Waals surface area contributed by atoms with Gasteiger partial charge in [-0.1, -0.05) is 70.2 Å². The molecule has 0 unspecified atom stereocenters. The van der Waals surface area contributed by atoms with E-state index in [-0.39, 0.29) is 28.3 Å². The summed E-state index contributed by atoms with van der Waals surface area (Å²) in [6.07, 6.45) is 5.65. The third kappa shape index (κ3) is 9.78. The molecule has 8 heteroatoms. The minimum Gasteiger partial charge on any atom is -0.457 e. The second kappa shape index (κ2) is 11.3. The van der Waals surface area contributed by atoms with Gasteiger partial charge < -0.3 is 18.3 Å². The van der Waals surface area contributed by atoms with Crippen molar-refractivity contribution in [3.05, 3.63) is 22.0 Å². The Balaban J connectivity index is 3.24. The molecule has 33 heavy (non-hydrogen) atoms. The largest absolute Gasteiger partial charge is 0.457 e. The number of hydrogen-bond donors (Lipinski definition) is 0. The highest BCUT2D eigenvalue weighted by atomic mass is 127. The van der Waals surface area contributed by atoms with Gasteiger partial charge in [-0.25, -0.2) is 4.79 Å². The lowest BCUT2D eigenvalue weighted by Crippen LogP contribution is -2.47. The lowest BCUT2D eigenvalue weighted by Gasteiger charge is -2.43. The maximum atomic E-state index is 12.1. The lowest BCUT2D eigenvalue weighted by molar-refractivity contribution is -0.206. The number of carbonyl (C=O) groups is 1. The van der Waals surface area contributed by atoms with Crippen LogP contribution in [-0.2, 0) is 23.1 Å². The Bertz CT molecular complexity index is 730. The fourth-order valence-electron chi connectivity index (χ4n) is 3.14. The molecule has 0 aromatic carbocycles. The van der Waals surface area contributed by atoms with E-state index in [2.05, 4.69) is 100 Å². The summed E-state index contributed by atoms with van der Waals surface area (Å²) in [5.41, 5.74) is 0. The molecule has 0 saturated carbocycles. The third-order valence-corrected chi connectivity index (χ3v) is 16.6. The standard InChI is InChI=1S/C25H47IO5Si2/c1-23(2,3)32(9,10)30-19(14-13-15-26)16-21(31-33(11,12)24(4,5)6)17-20-18-22(27)29-25(7,8)28-20/h13,15,18-19,21H,14,16-17H2,1-12H3/b15-13+/t19-,21-/m1/s1. The van der Waals surface area contributed by atoms with Gasteiger partial charge in [0.25, 0.3) is 0 Å². The maximum Gasteiger partial charge on any atom is 0.337 e. The normalized spacial score (nSPS) is 19.7. The number of rotatable bonds is 10. The van der Waals surface area contributed by atoms with Crippen LogP contribution in [0.15, 0.2) is 22.0 Å². The minimum absolute atomic E-state index is 0.0378. The molecule has 0 aromatic rings. The fourth-order valence-corrected chi connectivity index (χ4v) is 6.18. The summed E-state index contributed by atoms with van der Waals surface area (Å²) in [6.45, 7) is 26.2. The molecule has 1 aliphatic heterocycles. The summed E-state index contributed by atoms with van der Waals surface area (Å²) in [5, 5.41) is 0.195. The lowest BCUT2D eigenvalue weighted by atomic mass is 10.0. The Labute approximate surface area is 218 Å². The average molecular weight is 611 g/mol. The summed E-state index contributed by atoms with van der Waals surface area (Å²) in [7, 11) is -4.03. The number of carbonyl (C=O) groups excluding carboxylic acids is 1. The van der Waals surface area contributed by atoms with Gasteiger partial charge in [0.1, 0.15) is 5.76 Å². The first-order valence-corrected chi connectivity index (χ1v) is 19.0. The van der Waals surface area contributed by atoms with E-state index in [4.69, 9.17) is 18.3 Å². The average Bonchev–Trinajstić information content (AvgIpc) is 2.54. The van der Waals surface area contributed by atoms with Crippen molar-refractivity contribution in [3.63, 3.8) is 0 Å². The van der Waals surface area contributed by atoms with E-state index in [0.717, 1.165) is 12.8 Å². The van der Waals surface area contributed by atoms with Crippen LogP contribution < -0.4 is 0 Å². The van der Waals surface area contributed by atoms with E-state index in [1.165, 1.54) is 6.08 Å². The molecule has 0 saturated heterocycles. The molecule has 0 bridgehead atoms. The van der Waals surface area contributed by atoms with Crippen LogP contribution in [0.4, 0.5) is 0 Å². The van der Waals surface area contributed by atoms with E-state index in [9.17, 15) is 4.79 Å². The van der Waals surface area contributed by atoms with Gasteiger partial charge in [-0.3, -0.25) is 0 Å². The molecule has 0 amide bonds. The van der Waals surface area contributed by atoms with Crippen LogP contribution in [0.25, 0.3) is 0 Å². The summed E-state index contributed by atoms with van der Waals surface area (Å²) < 4.78 is 27.1. The third-order valence-electron chi connectivity index (χ3n) is 6.98. The van der Waals surface area contributed by atoms with Crippen molar-refractivity contribution >= 4 is 45.2 Å². The summed E-state index contributed by atoms with van der Waals surface area (Å²) in [5.74, 6) is -0.714. The highest BCUT2D eigenvalue weighted by Gasteiger charge is 2.43. The van der Waals surface area contributed by atoms with Gasteiger partial charge in [-0.15, -0.1) is 0 Å². The van der Waals surface area contributed by atoms with Gasteiger partial charge in [0.2, 0.25) is 5.79 Å². The number of hydrogen-bond acceptors (Lipinski definition) is 5. The predicted octanol–water partition coefficient (Wildman–Crippen LogP) is 8.08. The zero-order valence-electron chi connectivity index (χ0n) is 22.9. The first kappa shape index (κ1) is 30.9. The van der Waals surface area contributed by atoms with Crippen LogP contribution in [0.3, 0.4) is 0 Å². The van der Waals surface area contributed by atoms with Crippen LogP contribution in [0.1, 0.15) is 74.7 Å². The Kier molecular flexibility index (Phi) is 10.5. The molecule has 0 fully saturated rings. The molecule has 192 valence electrons. The monoisotopic (exact) mass is 610 g/mol. The first-order valence-electron chi connectivity index (χ1n) is 11.9. The molecule has 0 N–H and O–H groups in total. The van der Waals surface area contributed by atoms with Crippen molar-refractivity contribution in [2.24, 2.45) is 0 Å². The molecule has 1 rings (SSSR count). The van der Waals surface area contributed by atoms with Gasteiger partial charge in [0.05, 0.1) is 18.3 Å². The maximum absolute atomic E-state index is 12.1. The van der Waals surface area contributed by atoms with Crippen LogP contribution in [0, 0.1) is 0 Å². The SMILES string of the molecule is CC1(C)OC(=O)C=C(C[C@@H](C[C@@H](C/C=C/I)O[Si](C)(C)C(C)(C)C)O[Si](C)(C)C(C)(C)C)O1. The van der Waals surface area contributed by atoms with Crippen LogP contribution in [-0.4, -0.2) is 40.6 Å². The minimum atomic E-state index is -2.06. The molecule has 0 spiro atoms. The van der Waals surface area contributed by atoms with Crippen LogP contribution >= 0.6 is 22.6 Å². The van der Waals surface area contributed by atoms with Gasteiger partial charge in [0, 0.05) is 20.3 Å². The van der Waals surface area contributed by atoms with Crippen molar-refractivity contribution in [2.75, 3.05) is 0 Å². The summed E-state index contributed by atoms with van der Waals surface area (Å²) >= 11 is 2.26. The Morgan fingerprint density at radius 2 is 1.45 bits per heavy atom. The van der Waals surface area contributed by atoms with E-state index in [0.29, 0.717) is 12.2 Å². The molecule has 2 atom stereocenters. The van der Waals surface area contributed by atoms with Crippen molar-refractivity contribution in [1.29, 1.82) is 0 Å². The van der Waals surface area contributed by atoms with E-state index >= 15 is 0 Å². The number of esters is 1. The zero-order valence-corrected chi connectivity index (χ0v) is 27.1. The van der Waals surface area contributed by atoms with Crippen molar-refractivity contribution in [1.82, 2.24) is 0 Å². The van der Waals surface area contributed by atoms with Crippen LogP contribution in [0.2, 0.25) is 36.3 Å². The van der Waals surface area contributed by atoms with Crippen molar-refractivity contribution in [2.45, 2.75) is 129 Å². The molecule has 0 aromatic heterocycles. The van der Waals surface area contributed by atoms with E-state index < -0.39 is 22.4 Å². The molecular weight excluding hydrogens is 563 g/mol. The second-order valence-electron chi connectivity index (χ2n) is 12.6. The van der Waals surface area contributed by atoms with Gasteiger partial charge in [-0.2, -0.15) is 0 Å². The quantitative estimate of drug-likeness (QED) is 0.142. The first-order chi connectivity index (χ1) is 14.7. The summed E-state index contributed by atoms with van der Waals surface area (Å²) in [4.78, 5) is 12.1. The Hall–Kier alpha value is -0.166. The van der Waals surface area contributed by atoms with Crippen LogP contribution in [0.5, 0.6) is 0 Å². The van der Waals surface area contributed by atoms with Gasteiger partial charge >= 0.3 is 5.97 Å². The number of cyclic esters (lactones) is 1. The molecule has 1 heterocycles. The molecule has 0 radical (unpaired) electrons. The Morgan fingerprint density at radius 1 is 0.970 bits per heavy atom. The Morgan fingerprint density at radius 3 is 1.88 bits per heavy atom. The van der Waals surface area contributed by atoms with E-state index in [1.807, 2.05) is 0 Å². The molecule has 1 aliphatic rings. The number of halogens is 1. The van der Waals surface area contributed by atoms with Gasteiger partial charge in [0.15, 0.2) is 16.6 Å². The summed E-state index contributed by atoms with van der Waals surface area (Å²) in [6, 6.07) is 0. The smallest absolute Gasteiger partial charge is 0.337 e. The zero-order chi connectivity index (χ0) is 25.9. The van der Waals surface area contributed by atoms with Crippen molar-refractivity contribution < 1.29 is 23.1 Å². The highest BCUT2D eigenvalue weighted by molar-refractivity contribution is 14.1. The molecule has 5 nitrogen and oxygen atoms in total. The van der Waals surface area contributed by atoms with Gasteiger partial charge in [-0.05, 0) is 53.2 Å². The highest BCUT2D eigenvalue weighted by Crippen LogP contribution is 2.41. The predicted molar refractivity (Wildman–Crippen MR) is 150 cm³/mol. The van der Waals surface area contributed by atoms with Crippen molar-refractivity contribution in [3.8, 4) is 0 Å². The number of ether oxygens (including phenoxy) is 2. The fraction of sp³-hybridized carbons (Fsp3) is 0.800. The second-order valence-corrected chi connectivity index (χ2v) is 22.8. The molecular formula is C25H47IO5Si2. The molecule has 0 aliphatic carbocycles. The van der Waals surface area contributed by atoms with E-state index in [1.54, 1.807) is 13.8 Å².